The molecule has 1 aromatic heterocycles. The molecule has 0 aliphatic heterocycles. The molecule has 0 N–H and O–H groups in total. The highest BCUT2D eigenvalue weighted by Gasteiger charge is 2.17. The first-order valence-electron chi connectivity index (χ1n) is 5.72. The van der Waals surface area contributed by atoms with E-state index in [9.17, 15) is 4.79 Å². The number of nitrogens with zero attached hydrogens (tertiary/aromatic N) is 2. The number of hydrogen-bond acceptors (Lipinski definition) is 5. The van der Waals surface area contributed by atoms with Crippen LogP contribution >= 0.6 is 11.3 Å². The molecular weight excluding hydrogens is 236 g/mol. The van der Waals surface area contributed by atoms with Crippen LogP contribution in [0.4, 0.5) is 5.13 Å². The molecular formula is C12H20N2O2S. The summed E-state index contributed by atoms with van der Waals surface area (Å²) in [6, 6.07) is 0.409. The number of aromatic nitrogens is 1. The Morgan fingerprint density at radius 2 is 2.18 bits per heavy atom. The molecule has 0 fully saturated rings. The zero-order valence-corrected chi connectivity index (χ0v) is 11.9. The second kappa shape index (κ2) is 6.00. The Kier molecular flexibility index (Phi) is 4.93. The van der Waals surface area contributed by atoms with Crippen LogP contribution in [0.5, 0.6) is 0 Å². The van der Waals surface area contributed by atoms with E-state index in [0.29, 0.717) is 17.7 Å². The molecule has 1 atom stereocenters. The van der Waals surface area contributed by atoms with Gasteiger partial charge in [0.05, 0.1) is 7.11 Å². The smallest absolute Gasteiger partial charge is 0.357 e. The minimum absolute atomic E-state index is 0.377. The Labute approximate surface area is 107 Å². The van der Waals surface area contributed by atoms with E-state index in [0.717, 1.165) is 11.6 Å². The largest absolute Gasteiger partial charge is 0.464 e. The van der Waals surface area contributed by atoms with E-state index < -0.39 is 0 Å². The first kappa shape index (κ1) is 14.0. The van der Waals surface area contributed by atoms with Crippen LogP contribution in [0, 0.1) is 5.92 Å². The number of ether oxygens (including phenoxy) is 1. The van der Waals surface area contributed by atoms with Gasteiger partial charge in [0.15, 0.2) is 10.8 Å². The van der Waals surface area contributed by atoms with Crippen LogP contribution in [0.15, 0.2) is 5.38 Å². The van der Waals surface area contributed by atoms with Crippen LogP contribution in [-0.2, 0) is 4.74 Å². The van der Waals surface area contributed by atoms with Crippen LogP contribution < -0.4 is 4.90 Å². The standard InChI is InChI=1S/C12H20N2O2S/c1-8(2)6-9(3)14(4)12-13-10(7-17-12)11(15)16-5/h7-9H,6H2,1-5H3. The van der Waals surface area contributed by atoms with Gasteiger partial charge in [-0.15, -0.1) is 11.3 Å². The van der Waals surface area contributed by atoms with Gasteiger partial charge >= 0.3 is 5.97 Å². The third kappa shape index (κ3) is 3.70. The van der Waals surface area contributed by atoms with Crippen molar-refractivity contribution in [3.05, 3.63) is 11.1 Å². The van der Waals surface area contributed by atoms with Crippen molar-refractivity contribution in [3.8, 4) is 0 Å². The molecule has 17 heavy (non-hydrogen) atoms. The number of rotatable bonds is 5. The van der Waals surface area contributed by atoms with E-state index in [1.165, 1.54) is 18.4 Å². The highest BCUT2D eigenvalue weighted by Crippen LogP contribution is 2.23. The molecule has 0 spiro atoms. The fourth-order valence-electron chi connectivity index (χ4n) is 1.65. The summed E-state index contributed by atoms with van der Waals surface area (Å²) < 4.78 is 4.64. The molecule has 0 saturated carbocycles. The van der Waals surface area contributed by atoms with Gasteiger partial charge in [-0.25, -0.2) is 9.78 Å². The summed E-state index contributed by atoms with van der Waals surface area (Å²) in [6.07, 6.45) is 1.10. The first-order valence-corrected chi connectivity index (χ1v) is 6.60. The number of carbonyl (C=O) groups excluding carboxylic acids is 1. The molecule has 1 heterocycles. The molecule has 0 saturated heterocycles. The number of methoxy groups -OCH3 is 1. The van der Waals surface area contributed by atoms with Crippen molar-refractivity contribution in [1.29, 1.82) is 0 Å². The Bertz CT molecular complexity index is 376. The van der Waals surface area contributed by atoms with Gasteiger partial charge in [0, 0.05) is 18.5 Å². The zero-order valence-electron chi connectivity index (χ0n) is 11.1. The summed E-state index contributed by atoms with van der Waals surface area (Å²) in [5.41, 5.74) is 0.385. The fraction of sp³-hybridized carbons (Fsp3) is 0.667. The molecule has 1 rings (SSSR count). The average molecular weight is 256 g/mol. The third-order valence-electron chi connectivity index (χ3n) is 2.66. The number of anilines is 1. The van der Waals surface area contributed by atoms with Crippen LogP contribution in [0.3, 0.4) is 0 Å². The van der Waals surface area contributed by atoms with Gasteiger partial charge in [-0.1, -0.05) is 13.8 Å². The topological polar surface area (TPSA) is 42.4 Å². The molecule has 0 aromatic carbocycles. The Hall–Kier alpha value is -1.10. The molecule has 0 amide bonds. The van der Waals surface area contributed by atoms with E-state index in [1.807, 2.05) is 7.05 Å². The minimum atomic E-state index is -0.377. The van der Waals surface area contributed by atoms with Crippen LogP contribution in [0.2, 0.25) is 0 Å². The van der Waals surface area contributed by atoms with Gasteiger partial charge in [0.25, 0.3) is 0 Å². The summed E-state index contributed by atoms with van der Waals surface area (Å²) in [7, 11) is 3.37. The molecule has 0 radical (unpaired) electrons. The molecule has 0 aliphatic rings. The molecule has 96 valence electrons. The summed E-state index contributed by atoms with van der Waals surface area (Å²) in [6.45, 7) is 6.57. The van der Waals surface area contributed by atoms with Gasteiger partial charge in [0.1, 0.15) is 0 Å². The van der Waals surface area contributed by atoms with E-state index in [4.69, 9.17) is 0 Å². The van der Waals surface area contributed by atoms with E-state index in [2.05, 4.69) is 35.4 Å². The maximum Gasteiger partial charge on any atom is 0.357 e. The van der Waals surface area contributed by atoms with Gasteiger partial charge in [-0.05, 0) is 19.3 Å². The first-order chi connectivity index (χ1) is 7.95. The van der Waals surface area contributed by atoms with Crippen LogP contribution in [-0.4, -0.2) is 31.2 Å². The van der Waals surface area contributed by atoms with Crippen molar-refractivity contribution in [2.45, 2.75) is 33.2 Å². The molecule has 0 aliphatic carbocycles. The number of carbonyl (C=O) groups is 1. The van der Waals surface area contributed by atoms with Crippen LogP contribution in [0.1, 0.15) is 37.7 Å². The molecule has 5 heteroatoms. The number of thiazole rings is 1. The van der Waals surface area contributed by atoms with Crippen molar-refractivity contribution >= 4 is 22.4 Å². The second-order valence-corrected chi connectivity index (χ2v) is 5.43. The summed E-state index contributed by atoms with van der Waals surface area (Å²) in [5, 5.41) is 2.60. The van der Waals surface area contributed by atoms with Crippen molar-refractivity contribution in [2.24, 2.45) is 5.92 Å². The van der Waals surface area contributed by atoms with E-state index in [-0.39, 0.29) is 5.97 Å². The lowest BCUT2D eigenvalue weighted by Crippen LogP contribution is -2.30. The summed E-state index contributed by atoms with van der Waals surface area (Å²) >= 11 is 1.47. The Balaban J connectivity index is 2.72. The second-order valence-electron chi connectivity index (χ2n) is 4.60. The Morgan fingerprint density at radius 1 is 1.53 bits per heavy atom. The summed E-state index contributed by atoms with van der Waals surface area (Å²) in [5.74, 6) is 0.268. The van der Waals surface area contributed by atoms with Gasteiger partial charge in [0.2, 0.25) is 0 Å². The molecule has 4 nitrogen and oxygen atoms in total. The SMILES string of the molecule is COC(=O)c1csc(N(C)C(C)CC(C)C)n1. The van der Waals surface area contributed by atoms with Crippen molar-refractivity contribution in [3.63, 3.8) is 0 Å². The highest BCUT2D eigenvalue weighted by molar-refractivity contribution is 7.13. The Morgan fingerprint density at radius 3 is 2.71 bits per heavy atom. The lowest BCUT2D eigenvalue weighted by Gasteiger charge is -2.25. The summed E-state index contributed by atoms with van der Waals surface area (Å²) in [4.78, 5) is 17.7. The van der Waals surface area contributed by atoms with Crippen molar-refractivity contribution in [1.82, 2.24) is 4.98 Å². The normalized spacial score (nSPS) is 12.6. The lowest BCUT2D eigenvalue weighted by molar-refractivity contribution is 0.0595. The number of esters is 1. The monoisotopic (exact) mass is 256 g/mol. The third-order valence-corrected chi connectivity index (χ3v) is 3.59. The molecule has 0 bridgehead atoms. The van der Waals surface area contributed by atoms with E-state index >= 15 is 0 Å². The zero-order chi connectivity index (χ0) is 13.0. The maximum atomic E-state index is 11.3. The van der Waals surface area contributed by atoms with Gasteiger partial charge in [-0.2, -0.15) is 0 Å². The van der Waals surface area contributed by atoms with Crippen LogP contribution in [0.25, 0.3) is 0 Å². The predicted octanol–water partition coefficient (Wildman–Crippen LogP) is 2.80. The maximum absolute atomic E-state index is 11.3. The van der Waals surface area contributed by atoms with Gasteiger partial charge < -0.3 is 9.64 Å². The van der Waals surface area contributed by atoms with Crippen molar-refractivity contribution in [2.75, 3.05) is 19.1 Å². The quantitative estimate of drug-likeness (QED) is 0.760. The van der Waals surface area contributed by atoms with Crippen molar-refractivity contribution < 1.29 is 9.53 Å². The fourth-order valence-corrected chi connectivity index (χ4v) is 2.52. The molecule has 1 unspecified atom stereocenters. The van der Waals surface area contributed by atoms with E-state index in [1.54, 1.807) is 5.38 Å². The lowest BCUT2D eigenvalue weighted by atomic mass is 10.0. The minimum Gasteiger partial charge on any atom is -0.464 e. The predicted molar refractivity (Wildman–Crippen MR) is 70.8 cm³/mol. The average Bonchev–Trinajstić information content (AvgIpc) is 2.75. The number of hydrogen-bond donors (Lipinski definition) is 0. The highest BCUT2D eigenvalue weighted by atomic mass is 32.1. The molecule has 1 aromatic rings. The van der Waals surface area contributed by atoms with Gasteiger partial charge in [-0.3, -0.25) is 0 Å².